The predicted molar refractivity (Wildman–Crippen MR) is 78.9 cm³/mol. The van der Waals surface area contributed by atoms with E-state index in [1.165, 1.54) is 19.6 Å². The van der Waals surface area contributed by atoms with Crippen LogP contribution < -0.4 is 15.4 Å². The Morgan fingerprint density at radius 1 is 1.41 bits per heavy atom. The average molecular weight is 304 g/mol. The Hall–Kier alpha value is -3.03. The van der Waals surface area contributed by atoms with Crippen LogP contribution in [0.3, 0.4) is 0 Å². The first-order valence-corrected chi connectivity index (χ1v) is 6.50. The molecule has 1 aromatic carbocycles. The first kappa shape index (κ1) is 15.4. The topological polar surface area (TPSA) is 116 Å². The number of ether oxygens (including phenoxy) is 1. The number of methoxy groups -OCH3 is 1. The lowest BCUT2D eigenvalue weighted by atomic mass is 10.1. The number of aromatic amines is 1. The number of benzene rings is 1. The summed E-state index contributed by atoms with van der Waals surface area (Å²) in [5.41, 5.74) is 1.07. The van der Waals surface area contributed by atoms with Crippen molar-refractivity contribution < 1.29 is 19.4 Å². The molecule has 8 nitrogen and oxygen atoms in total. The number of nitrogens with zero attached hydrogens (tertiary/aromatic N) is 1. The summed E-state index contributed by atoms with van der Waals surface area (Å²) in [5, 5.41) is 14.2. The third kappa shape index (κ3) is 3.98. The molecule has 2 rings (SSSR count). The molecule has 1 unspecified atom stereocenters. The van der Waals surface area contributed by atoms with Crippen molar-refractivity contribution in [1.82, 2.24) is 15.3 Å². The number of H-pyrrole nitrogens is 1. The number of hydrogen-bond donors (Lipinski definition) is 4. The number of aliphatic carboxylic acids is 1. The summed E-state index contributed by atoms with van der Waals surface area (Å²) in [6.07, 6.45) is 3.06. The lowest BCUT2D eigenvalue weighted by molar-refractivity contribution is -0.139. The number of aromatic nitrogens is 2. The first-order chi connectivity index (χ1) is 10.6. The molecule has 22 heavy (non-hydrogen) atoms. The SMILES string of the molecule is COc1ccccc1NC(=O)NC(Cc1cnc[nH]1)C(=O)O. The molecule has 0 bridgehead atoms. The highest BCUT2D eigenvalue weighted by molar-refractivity contribution is 5.93. The van der Waals surface area contributed by atoms with Crippen molar-refractivity contribution in [2.24, 2.45) is 0 Å². The minimum Gasteiger partial charge on any atom is -0.495 e. The number of imidazole rings is 1. The minimum absolute atomic E-state index is 0.106. The molecule has 0 saturated heterocycles. The summed E-state index contributed by atoms with van der Waals surface area (Å²) >= 11 is 0. The van der Waals surface area contributed by atoms with Gasteiger partial charge in [0.1, 0.15) is 11.8 Å². The van der Waals surface area contributed by atoms with Crippen LogP contribution in [0.1, 0.15) is 5.69 Å². The van der Waals surface area contributed by atoms with E-state index in [-0.39, 0.29) is 6.42 Å². The quantitative estimate of drug-likeness (QED) is 0.640. The van der Waals surface area contributed by atoms with Crippen LogP contribution in [0.25, 0.3) is 0 Å². The maximum atomic E-state index is 12.0. The lowest BCUT2D eigenvalue weighted by Crippen LogP contribution is -2.44. The Labute approximate surface area is 126 Å². The highest BCUT2D eigenvalue weighted by Gasteiger charge is 2.21. The summed E-state index contributed by atoms with van der Waals surface area (Å²) in [4.78, 5) is 29.8. The summed E-state index contributed by atoms with van der Waals surface area (Å²) in [6, 6.07) is 5.14. The van der Waals surface area contributed by atoms with Gasteiger partial charge in [-0.1, -0.05) is 12.1 Å². The monoisotopic (exact) mass is 304 g/mol. The molecule has 0 spiro atoms. The van der Waals surface area contributed by atoms with Gasteiger partial charge in [0, 0.05) is 18.3 Å². The maximum absolute atomic E-state index is 12.0. The van der Waals surface area contributed by atoms with Gasteiger partial charge in [0.25, 0.3) is 0 Å². The van der Waals surface area contributed by atoms with Crippen LogP contribution in [0.2, 0.25) is 0 Å². The number of carbonyl (C=O) groups excluding carboxylic acids is 1. The molecule has 1 atom stereocenters. The molecular weight excluding hydrogens is 288 g/mol. The van der Waals surface area contributed by atoms with Gasteiger partial charge in [-0.25, -0.2) is 14.6 Å². The van der Waals surface area contributed by atoms with E-state index in [2.05, 4.69) is 20.6 Å². The van der Waals surface area contributed by atoms with Gasteiger partial charge in [0.2, 0.25) is 0 Å². The van der Waals surface area contributed by atoms with E-state index in [0.29, 0.717) is 17.1 Å². The number of nitrogens with one attached hydrogen (secondary N) is 3. The zero-order valence-electron chi connectivity index (χ0n) is 11.9. The molecule has 0 aliphatic carbocycles. The van der Waals surface area contributed by atoms with E-state index in [1.54, 1.807) is 24.3 Å². The van der Waals surface area contributed by atoms with Gasteiger partial charge in [-0.05, 0) is 12.1 Å². The van der Waals surface area contributed by atoms with Gasteiger partial charge >= 0.3 is 12.0 Å². The zero-order valence-corrected chi connectivity index (χ0v) is 11.9. The fourth-order valence-corrected chi connectivity index (χ4v) is 1.88. The number of urea groups is 1. The molecule has 2 aromatic rings. The van der Waals surface area contributed by atoms with Crippen LogP contribution in [-0.2, 0) is 11.2 Å². The number of para-hydroxylation sites is 2. The molecule has 0 saturated carbocycles. The van der Waals surface area contributed by atoms with Crippen LogP contribution >= 0.6 is 0 Å². The summed E-state index contributed by atoms with van der Waals surface area (Å²) in [5.74, 6) is -0.650. The van der Waals surface area contributed by atoms with Crippen molar-refractivity contribution in [3.63, 3.8) is 0 Å². The molecule has 0 radical (unpaired) electrons. The largest absolute Gasteiger partial charge is 0.495 e. The van der Waals surface area contributed by atoms with Crippen LogP contribution in [0.5, 0.6) is 5.75 Å². The highest BCUT2D eigenvalue weighted by Crippen LogP contribution is 2.22. The van der Waals surface area contributed by atoms with Crippen molar-refractivity contribution in [1.29, 1.82) is 0 Å². The van der Waals surface area contributed by atoms with Crippen molar-refractivity contribution >= 4 is 17.7 Å². The molecule has 0 aliphatic rings. The van der Waals surface area contributed by atoms with E-state index >= 15 is 0 Å². The third-order valence-electron chi connectivity index (χ3n) is 2.94. The van der Waals surface area contributed by atoms with E-state index in [9.17, 15) is 14.7 Å². The van der Waals surface area contributed by atoms with Gasteiger partial charge in [0.15, 0.2) is 0 Å². The Morgan fingerprint density at radius 3 is 2.82 bits per heavy atom. The van der Waals surface area contributed by atoms with E-state index in [0.717, 1.165) is 0 Å². The normalized spacial score (nSPS) is 11.5. The fraction of sp³-hybridized carbons (Fsp3) is 0.214. The number of anilines is 1. The van der Waals surface area contributed by atoms with E-state index in [4.69, 9.17) is 4.74 Å². The van der Waals surface area contributed by atoms with Crippen LogP contribution in [-0.4, -0.2) is 40.2 Å². The van der Waals surface area contributed by atoms with Crippen molar-refractivity contribution in [3.05, 3.63) is 42.5 Å². The standard InChI is InChI=1S/C14H16N4O4/c1-22-12-5-3-2-4-10(12)17-14(21)18-11(13(19)20)6-9-7-15-8-16-9/h2-5,7-8,11H,6H2,1H3,(H,15,16)(H,19,20)(H2,17,18,21). The molecule has 8 heteroatoms. The Bertz CT molecular complexity index is 642. The van der Waals surface area contributed by atoms with Gasteiger partial charge in [-0.15, -0.1) is 0 Å². The van der Waals surface area contributed by atoms with Gasteiger partial charge in [-0.3, -0.25) is 0 Å². The molecule has 0 fully saturated rings. The first-order valence-electron chi connectivity index (χ1n) is 6.50. The second-order valence-electron chi connectivity index (χ2n) is 4.47. The van der Waals surface area contributed by atoms with Gasteiger partial charge in [0.05, 0.1) is 19.1 Å². The fourth-order valence-electron chi connectivity index (χ4n) is 1.88. The van der Waals surface area contributed by atoms with Crippen LogP contribution in [0.15, 0.2) is 36.8 Å². The minimum atomic E-state index is -1.13. The summed E-state index contributed by atoms with van der Waals surface area (Å²) < 4.78 is 5.11. The molecule has 1 heterocycles. The Kier molecular flexibility index (Phi) is 4.97. The van der Waals surface area contributed by atoms with Crippen molar-refractivity contribution in [2.75, 3.05) is 12.4 Å². The summed E-state index contributed by atoms with van der Waals surface area (Å²) in [6.45, 7) is 0. The smallest absolute Gasteiger partial charge is 0.326 e. The second kappa shape index (κ2) is 7.11. The molecular formula is C14H16N4O4. The number of carbonyl (C=O) groups is 2. The molecule has 1 aromatic heterocycles. The van der Waals surface area contributed by atoms with Crippen LogP contribution in [0, 0.1) is 0 Å². The Balaban J connectivity index is 2.00. The Morgan fingerprint density at radius 2 is 2.18 bits per heavy atom. The van der Waals surface area contributed by atoms with Gasteiger partial charge < -0.3 is 25.5 Å². The highest BCUT2D eigenvalue weighted by atomic mass is 16.5. The number of amides is 2. The number of hydrogen-bond acceptors (Lipinski definition) is 4. The lowest BCUT2D eigenvalue weighted by Gasteiger charge is -2.15. The van der Waals surface area contributed by atoms with E-state index < -0.39 is 18.0 Å². The molecule has 0 aliphatic heterocycles. The predicted octanol–water partition coefficient (Wildman–Crippen LogP) is 1.24. The average Bonchev–Trinajstić information content (AvgIpc) is 3.00. The van der Waals surface area contributed by atoms with Gasteiger partial charge in [-0.2, -0.15) is 0 Å². The number of rotatable bonds is 6. The summed E-state index contributed by atoms with van der Waals surface area (Å²) in [7, 11) is 1.48. The molecule has 2 amide bonds. The van der Waals surface area contributed by atoms with Crippen LogP contribution in [0.4, 0.5) is 10.5 Å². The van der Waals surface area contributed by atoms with E-state index in [1.807, 2.05) is 0 Å². The zero-order chi connectivity index (χ0) is 15.9. The van der Waals surface area contributed by atoms with Crippen molar-refractivity contribution in [2.45, 2.75) is 12.5 Å². The number of carboxylic acids is 1. The molecule has 4 N–H and O–H groups in total. The second-order valence-corrected chi connectivity index (χ2v) is 4.47. The van der Waals surface area contributed by atoms with Crippen molar-refractivity contribution in [3.8, 4) is 5.75 Å². The third-order valence-corrected chi connectivity index (χ3v) is 2.94. The number of carboxylic acid groups (broad SMARTS) is 1. The maximum Gasteiger partial charge on any atom is 0.326 e. The molecule has 116 valence electrons.